The molecule has 1 fully saturated rings. The van der Waals surface area contributed by atoms with Crippen LogP contribution in [0.5, 0.6) is 0 Å². The molecule has 0 saturated carbocycles. The molecule has 4 nitrogen and oxygen atoms in total. The molecule has 0 aliphatic carbocycles. The lowest BCUT2D eigenvalue weighted by molar-refractivity contribution is 0.476. The number of aryl methyl sites for hydroxylation is 1. The Balaban J connectivity index is 2.25. The van der Waals surface area contributed by atoms with Gasteiger partial charge in [-0.15, -0.1) is 0 Å². The molecular weight excluding hydrogens is 263 g/mol. The average molecular weight is 278 g/mol. The van der Waals surface area contributed by atoms with Crippen LogP contribution in [0.4, 0.5) is 10.2 Å². The summed E-state index contributed by atoms with van der Waals surface area (Å²) in [5, 5.41) is 1.28. The van der Waals surface area contributed by atoms with Crippen molar-refractivity contribution in [3.8, 4) is 0 Å². The van der Waals surface area contributed by atoms with Crippen LogP contribution >= 0.6 is 11.8 Å². The minimum atomic E-state index is -0.343. The van der Waals surface area contributed by atoms with Crippen LogP contribution in [-0.4, -0.2) is 33.8 Å². The van der Waals surface area contributed by atoms with Crippen molar-refractivity contribution >= 4 is 28.5 Å². The second-order valence-corrected chi connectivity index (χ2v) is 5.56. The van der Waals surface area contributed by atoms with Crippen LogP contribution in [0, 0.1) is 12.7 Å². The number of fused-ring (bicyclic) bond motifs is 1. The maximum atomic E-state index is 14.2. The molecule has 0 aromatic carbocycles. The van der Waals surface area contributed by atoms with E-state index in [1.807, 2.05) is 6.26 Å². The Morgan fingerprint density at radius 1 is 1.42 bits per heavy atom. The lowest BCUT2D eigenvalue weighted by Gasteiger charge is -2.40. The molecule has 1 saturated heterocycles. The van der Waals surface area contributed by atoms with Gasteiger partial charge in [0.25, 0.3) is 0 Å². The zero-order valence-electron chi connectivity index (χ0n) is 11.1. The minimum Gasteiger partial charge on any atom is -0.353 e. The van der Waals surface area contributed by atoms with Crippen molar-refractivity contribution < 1.29 is 4.39 Å². The number of hydrogen-bond acceptors (Lipinski definition) is 5. The molecule has 3 rings (SSSR count). The third-order valence-corrected chi connectivity index (χ3v) is 4.14. The second kappa shape index (κ2) is 4.59. The zero-order valence-corrected chi connectivity index (χ0v) is 12.0. The smallest absolute Gasteiger partial charge is 0.187 e. The van der Waals surface area contributed by atoms with Gasteiger partial charge in [-0.05, 0) is 26.5 Å². The predicted octanol–water partition coefficient (Wildman–Crippen LogP) is 2.79. The highest BCUT2D eigenvalue weighted by atomic mass is 32.2. The van der Waals surface area contributed by atoms with E-state index in [1.165, 1.54) is 11.8 Å². The Labute approximate surface area is 115 Å². The van der Waals surface area contributed by atoms with E-state index in [0.29, 0.717) is 27.8 Å². The molecule has 19 heavy (non-hydrogen) atoms. The second-order valence-electron chi connectivity index (χ2n) is 4.78. The van der Waals surface area contributed by atoms with Gasteiger partial charge in [0.2, 0.25) is 0 Å². The Kier molecular flexibility index (Phi) is 3.05. The van der Waals surface area contributed by atoms with Crippen LogP contribution in [-0.2, 0) is 0 Å². The van der Waals surface area contributed by atoms with E-state index in [4.69, 9.17) is 0 Å². The number of hydrogen-bond donors (Lipinski definition) is 0. The van der Waals surface area contributed by atoms with Gasteiger partial charge < -0.3 is 4.90 Å². The van der Waals surface area contributed by atoms with Crippen molar-refractivity contribution in [2.75, 3.05) is 17.7 Å². The topological polar surface area (TPSA) is 41.9 Å². The third kappa shape index (κ3) is 1.94. The molecule has 100 valence electrons. The molecule has 6 heteroatoms. The third-order valence-electron chi connectivity index (χ3n) is 3.58. The largest absolute Gasteiger partial charge is 0.353 e. The van der Waals surface area contributed by atoms with Crippen LogP contribution in [0.2, 0.25) is 0 Å². The molecule has 2 aromatic heterocycles. The fourth-order valence-corrected chi connectivity index (χ4v) is 2.63. The number of pyridine rings is 1. The van der Waals surface area contributed by atoms with Crippen LogP contribution in [0.15, 0.2) is 11.4 Å². The number of halogens is 1. The average Bonchev–Trinajstić information content (AvgIpc) is 2.42. The van der Waals surface area contributed by atoms with Gasteiger partial charge in [0, 0.05) is 18.8 Å². The summed E-state index contributed by atoms with van der Waals surface area (Å²) in [5.41, 5.74) is 0.772. The SMILES string of the molecule is CSc1ncc2c(N3CC[C@@H]3C)nc(C)c(F)c2n1. The number of rotatable bonds is 2. The number of nitrogens with zero attached hydrogens (tertiary/aromatic N) is 4. The van der Waals surface area contributed by atoms with Crippen molar-refractivity contribution in [1.82, 2.24) is 15.0 Å². The summed E-state index contributed by atoms with van der Waals surface area (Å²) < 4.78 is 14.2. The quantitative estimate of drug-likeness (QED) is 0.624. The molecule has 3 heterocycles. The molecule has 0 spiro atoms. The number of anilines is 1. The summed E-state index contributed by atoms with van der Waals surface area (Å²) in [6.07, 6.45) is 4.71. The summed E-state index contributed by atoms with van der Waals surface area (Å²) >= 11 is 1.41. The fraction of sp³-hybridized carbons (Fsp3) is 0.462. The number of thioether (sulfide) groups is 1. The van der Waals surface area contributed by atoms with Crippen molar-refractivity contribution in [1.29, 1.82) is 0 Å². The molecule has 1 aliphatic rings. The molecule has 1 aliphatic heterocycles. The van der Waals surface area contributed by atoms with Crippen molar-refractivity contribution in [2.45, 2.75) is 31.5 Å². The van der Waals surface area contributed by atoms with E-state index < -0.39 is 0 Å². The summed E-state index contributed by atoms with van der Waals surface area (Å²) in [5.74, 6) is 0.463. The summed E-state index contributed by atoms with van der Waals surface area (Å²) in [7, 11) is 0. The van der Waals surface area contributed by atoms with Crippen molar-refractivity contribution in [3.05, 3.63) is 17.7 Å². The van der Waals surface area contributed by atoms with Gasteiger partial charge in [-0.2, -0.15) is 0 Å². The highest BCUT2D eigenvalue weighted by molar-refractivity contribution is 7.98. The lowest BCUT2D eigenvalue weighted by atomic mass is 10.0. The van der Waals surface area contributed by atoms with Gasteiger partial charge >= 0.3 is 0 Å². The van der Waals surface area contributed by atoms with E-state index in [2.05, 4.69) is 26.8 Å². The molecule has 0 bridgehead atoms. The molecule has 2 aromatic rings. The van der Waals surface area contributed by atoms with E-state index >= 15 is 0 Å². The summed E-state index contributed by atoms with van der Waals surface area (Å²) in [6, 6.07) is 0.445. The first-order valence-corrected chi connectivity index (χ1v) is 7.47. The van der Waals surface area contributed by atoms with Crippen LogP contribution in [0.25, 0.3) is 10.9 Å². The van der Waals surface area contributed by atoms with E-state index in [9.17, 15) is 4.39 Å². The molecule has 1 atom stereocenters. The summed E-state index contributed by atoms with van der Waals surface area (Å²) in [6.45, 7) is 4.79. The summed E-state index contributed by atoms with van der Waals surface area (Å²) in [4.78, 5) is 15.1. The maximum Gasteiger partial charge on any atom is 0.187 e. The first kappa shape index (κ1) is 12.6. The maximum absolute atomic E-state index is 14.2. The van der Waals surface area contributed by atoms with Gasteiger partial charge in [0.15, 0.2) is 11.0 Å². The van der Waals surface area contributed by atoms with Gasteiger partial charge in [0.05, 0.1) is 11.1 Å². The highest BCUT2D eigenvalue weighted by Gasteiger charge is 2.28. The van der Waals surface area contributed by atoms with Crippen molar-refractivity contribution in [2.24, 2.45) is 0 Å². The van der Waals surface area contributed by atoms with Gasteiger partial charge in [0.1, 0.15) is 11.3 Å². The molecule has 0 radical (unpaired) electrons. The molecular formula is C13H15FN4S. The molecule has 0 unspecified atom stereocenters. The molecule has 0 amide bonds. The fourth-order valence-electron chi connectivity index (χ4n) is 2.28. The Bertz CT molecular complexity index is 646. The van der Waals surface area contributed by atoms with Crippen molar-refractivity contribution in [3.63, 3.8) is 0 Å². The zero-order chi connectivity index (χ0) is 13.6. The Morgan fingerprint density at radius 2 is 2.21 bits per heavy atom. The Morgan fingerprint density at radius 3 is 2.79 bits per heavy atom. The van der Waals surface area contributed by atoms with Gasteiger partial charge in [-0.3, -0.25) is 0 Å². The van der Waals surface area contributed by atoms with Gasteiger partial charge in [-0.25, -0.2) is 19.3 Å². The minimum absolute atomic E-state index is 0.343. The first-order chi connectivity index (χ1) is 9.11. The molecule has 0 N–H and O–H groups in total. The number of aromatic nitrogens is 3. The monoisotopic (exact) mass is 278 g/mol. The normalized spacial score (nSPS) is 18.7. The van der Waals surface area contributed by atoms with E-state index in [-0.39, 0.29) is 5.82 Å². The van der Waals surface area contributed by atoms with E-state index in [0.717, 1.165) is 18.8 Å². The Hall–Kier alpha value is -1.43. The highest BCUT2D eigenvalue weighted by Crippen LogP contribution is 2.32. The lowest BCUT2D eigenvalue weighted by Crippen LogP contribution is -2.46. The van der Waals surface area contributed by atoms with Crippen LogP contribution in [0.3, 0.4) is 0 Å². The predicted molar refractivity (Wildman–Crippen MR) is 75.2 cm³/mol. The van der Waals surface area contributed by atoms with Crippen LogP contribution < -0.4 is 4.90 Å². The van der Waals surface area contributed by atoms with Gasteiger partial charge in [-0.1, -0.05) is 11.8 Å². The van der Waals surface area contributed by atoms with Crippen LogP contribution in [0.1, 0.15) is 19.0 Å². The standard InChI is InChI=1S/C13H15FN4S/c1-7-4-5-18(7)12-9-6-15-13(19-3)17-11(9)10(14)8(2)16-12/h6-7H,4-5H2,1-3H3/t7-/m0/s1. The first-order valence-electron chi connectivity index (χ1n) is 6.25. The van der Waals surface area contributed by atoms with E-state index in [1.54, 1.807) is 13.1 Å².